The van der Waals surface area contributed by atoms with E-state index in [-0.39, 0.29) is 38.4 Å². The summed E-state index contributed by atoms with van der Waals surface area (Å²) in [5, 5.41) is 0. The molecule has 1 fully saturated rings. The molecule has 4 nitrogen and oxygen atoms in total. The van der Waals surface area contributed by atoms with Crippen LogP contribution in [0.2, 0.25) is 0 Å². The smallest absolute Gasteiger partial charge is 0.369 e. The Labute approximate surface area is 91.5 Å². The zero-order valence-electron chi connectivity index (χ0n) is 9.01. The molecule has 1 amide bonds. The highest BCUT2D eigenvalue weighted by Gasteiger charge is 2.56. The first-order valence-corrected chi connectivity index (χ1v) is 4.96. The number of amides is 1. The Morgan fingerprint density at radius 3 is 2.25 bits per heavy atom. The average molecular weight is 240 g/mol. The number of hydrogen-bond acceptors (Lipinski definition) is 3. The maximum atomic E-state index is 12.8. The molecule has 1 saturated heterocycles. The molecule has 0 saturated carbocycles. The van der Waals surface area contributed by atoms with Crippen molar-refractivity contribution >= 4 is 5.91 Å². The predicted molar refractivity (Wildman–Crippen MR) is 50.7 cm³/mol. The Morgan fingerprint density at radius 1 is 1.44 bits per heavy atom. The normalized spacial score (nSPS) is 20.9. The molecule has 1 aliphatic rings. The molecule has 7 heteroatoms. The summed E-state index contributed by atoms with van der Waals surface area (Å²) in [5.74, 6) is -0.327. The highest BCUT2D eigenvalue weighted by atomic mass is 19.4. The second kappa shape index (κ2) is 4.58. The van der Waals surface area contributed by atoms with E-state index in [1.165, 1.54) is 4.90 Å². The van der Waals surface area contributed by atoms with Crippen molar-refractivity contribution in [3.05, 3.63) is 0 Å². The van der Waals surface area contributed by atoms with Crippen molar-refractivity contribution in [3.8, 4) is 0 Å². The van der Waals surface area contributed by atoms with E-state index in [0.717, 1.165) is 7.11 Å². The Kier molecular flexibility index (Phi) is 3.80. The minimum Gasteiger partial charge on any atom is -0.369 e. The van der Waals surface area contributed by atoms with Crippen molar-refractivity contribution in [1.82, 2.24) is 4.90 Å². The van der Waals surface area contributed by atoms with Crippen LogP contribution < -0.4 is 5.73 Å². The number of carbonyl (C=O) groups is 1. The SMILES string of the molecule is COC1(C(F)(F)F)CCN(C(=O)CN)CC1. The molecule has 0 unspecified atom stereocenters. The molecule has 0 aromatic rings. The molecule has 0 aliphatic carbocycles. The molecule has 0 aromatic carbocycles. The lowest BCUT2D eigenvalue weighted by Gasteiger charge is -2.41. The van der Waals surface area contributed by atoms with Crippen LogP contribution in [0.5, 0.6) is 0 Å². The molecule has 0 radical (unpaired) electrons. The number of likely N-dealkylation sites (tertiary alicyclic amines) is 1. The van der Waals surface area contributed by atoms with Crippen molar-refractivity contribution in [2.45, 2.75) is 24.6 Å². The second-order valence-electron chi connectivity index (χ2n) is 3.78. The van der Waals surface area contributed by atoms with E-state index in [4.69, 9.17) is 5.73 Å². The van der Waals surface area contributed by atoms with Crippen LogP contribution in [0.1, 0.15) is 12.8 Å². The Bertz CT molecular complexity index is 260. The molecule has 0 aromatic heterocycles. The van der Waals surface area contributed by atoms with E-state index in [1.54, 1.807) is 0 Å². The zero-order chi connectivity index (χ0) is 12.4. The van der Waals surface area contributed by atoms with E-state index in [9.17, 15) is 18.0 Å². The molecule has 1 rings (SSSR count). The van der Waals surface area contributed by atoms with Gasteiger partial charge in [0, 0.05) is 33.0 Å². The molecule has 0 spiro atoms. The third-order valence-corrected chi connectivity index (χ3v) is 3.01. The number of hydrogen-bond donors (Lipinski definition) is 1. The minimum atomic E-state index is -4.40. The monoisotopic (exact) mass is 240 g/mol. The summed E-state index contributed by atoms with van der Waals surface area (Å²) in [6.07, 6.45) is -4.88. The summed E-state index contributed by atoms with van der Waals surface area (Å²) in [6, 6.07) is 0. The van der Waals surface area contributed by atoms with Gasteiger partial charge in [0.25, 0.3) is 0 Å². The standard InChI is InChI=1S/C9H15F3N2O2/c1-16-8(9(10,11)12)2-4-14(5-3-8)7(15)6-13/h2-6,13H2,1H3. The van der Waals surface area contributed by atoms with Crippen molar-refractivity contribution in [3.63, 3.8) is 0 Å². The van der Waals surface area contributed by atoms with E-state index >= 15 is 0 Å². The Hall–Kier alpha value is -0.820. The van der Waals surface area contributed by atoms with Gasteiger partial charge in [-0.3, -0.25) is 4.79 Å². The van der Waals surface area contributed by atoms with Crippen LogP contribution >= 0.6 is 0 Å². The number of nitrogens with zero attached hydrogens (tertiary/aromatic N) is 1. The first-order valence-electron chi connectivity index (χ1n) is 4.96. The van der Waals surface area contributed by atoms with E-state index in [2.05, 4.69) is 4.74 Å². The van der Waals surface area contributed by atoms with Crippen LogP contribution in [0.4, 0.5) is 13.2 Å². The molecule has 1 heterocycles. The molecule has 0 bridgehead atoms. The lowest BCUT2D eigenvalue weighted by molar-refractivity contribution is -0.281. The summed E-state index contributed by atoms with van der Waals surface area (Å²) >= 11 is 0. The molecule has 2 N–H and O–H groups in total. The van der Waals surface area contributed by atoms with Crippen LogP contribution in [0.3, 0.4) is 0 Å². The Balaban J connectivity index is 2.68. The van der Waals surface area contributed by atoms with E-state index < -0.39 is 11.8 Å². The molecule has 0 atom stereocenters. The van der Waals surface area contributed by atoms with Crippen molar-refractivity contribution < 1.29 is 22.7 Å². The number of rotatable bonds is 2. The van der Waals surface area contributed by atoms with Gasteiger partial charge in [-0.05, 0) is 0 Å². The third kappa shape index (κ3) is 2.30. The van der Waals surface area contributed by atoms with Gasteiger partial charge in [0.2, 0.25) is 5.91 Å². The second-order valence-corrected chi connectivity index (χ2v) is 3.78. The fourth-order valence-electron chi connectivity index (χ4n) is 1.85. The van der Waals surface area contributed by atoms with Crippen LogP contribution in [0.25, 0.3) is 0 Å². The zero-order valence-corrected chi connectivity index (χ0v) is 9.01. The van der Waals surface area contributed by atoms with Gasteiger partial charge < -0.3 is 15.4 Å². The highest BCUT2D eigenvalue weighted by Crippen LogP contribution is 2.40. The summed E-state index contributed by atoms with van der Waals surface area (Å²) in [6.45, 7) is -0.112. The number of methoxy groups -OCH3 is 1. The van der Waals surface area contributed by atoms with Gasteiger partial charge in [0.15, 0.2) is 5.60 Å². The topological polar surface area (TPSA) is 55.6 Å². The lowest BCUT2D eigenvalue weighted by atomic mass is 9.90. The average Bonchev–Trinajstić information content (AvgIpc) is 2.26. The first-order chi connectivity index (χ1) is 7.36. The first kappa shape index (κ1) is 13.2. The predicted octanol–water partition coefficient (Wildman–Crippen LogP) is 0.515. The van der Waals surface area contributed by atoms with Gasteiger partial charge in [-0.15, -0.1) is 0 Å². The van der Waals surface area contributed by atoms with Crippen LogP contribution in [-0.4, -0.2) is 49.3 Å². The molecular weight excluding hydrogens is 225 g/mol. The number of nitrogens with two attached hydrogens (primary N) is 1. The van der Waals surface area contributed by atoms with Gasteiger partial charge in [0.1, 0.15) is 0 Å². The summed E-state index contributed by atoms with van der Waals surface area (Å²) < 4.78 is 42.9. The third-order valence-electron chi connectivity index (χ3n) is 3.01. The van der Waals surface area contributed by atoms with Gasteiger partial charge in [-0.2, -0.15) is 13.2 Å². The van der Waals surface area contributed by atoms with E-state index in [1.807, 2.05) is 0 Å². The maximum absolute atomic E-state index is 12.8. The maximum Gasteiger partial charge on any atom is 0.417 e. The fraction of sp³-hybridized carbons (Fsp3) is 0.889. The van der Waals surface area contributed by atoms with Crippen molar-refractivity contribution in [1.29, 1.82) is 0 Å². The molecular formula is C9H15F3N2O2. The highest BCUT2D eigenvalue weighted by molar-refractivity contribution is 5.78. The quantitative estimate of drug-likeness (QED) is 0.765. The number of piperidine rings is 1. The summed E-state index contributed by atoms with van der Waals surface area (Å²) in [4.78, 5) is 12.5. The lowest BCUT2D eigenvalue weighted by Crippen LogP contribution is -2.56. The minimum absolute atomic E-state index is 0.0311. The van der Waals surface area contributed by atoms with Gasteiger partial charge in [-0.1, -0.05) is 0 Å². The number of carbonyl (C=O) groups excluding carboxylic acids is 1. The summed E-state index contributed by atoms with van der Waals surface area (Å²) in [7, 11) is 1.05. The number of halogens is 3. The van der Waals surface area contributed by atoms with E-state index in [0.29, 0.717) is 0 Å². The van der Waals surface area contributed by atoms with Crippen molar-refractivity contribution in [2.24, 2.45) is 5.73 Å². The molecule has 16 heavy (non-hydrogen) atoms. The van der Waals surface area contributed by atoms with Crippen LogP contribution in [0.15, 0.2) is 0 Å². The van der Waals surface area contributed by atoms with Gasteiger partial charge in [-0.25, -0.2) is 0 Å². The Morgan fingerprint density at radius 2 is 1.94 bits per heavy atom. The van der Waals surface area contributed by atoms with Crippen LogP contribution in [-0.2, 0) is 9.53 Å². The number of alkyl halides is 3. The fourth-order valence-corrected chi connectivity index (χ4v) is 1.85. The van der Waals surface area contributed by atoms with Crippen LogP contribution in [0, 0.1) is 0 Å². The van der Waals surface area contributed by atoms with Crippen molar-refractivity contribution in [2.75, 3.05) is 26.7 Å². The van der Waals surface area contributed by atoms with Gasteiger partial charge >= 0.3 is 6.18 Å². The number of ether oxygens (including phenoxy) is 1. The summed E-state index contributed by atoms with van der Waals surface area (Å²) in [5.41, 5.74) is 3.03. The molecule has 94 valence electrons. The van der Waals surface area contributed by atoms with Gasteiger partial charge in [0.05, 0.1) is 6.54 Å². The largest absolute Gasteiger partial charge is 0.417 e. The molecule has 1 aliphatic heterocycles.